The summed E-state index contributed by atoms with van der Waals surface area (Å²) in [5.74, 6) is 1.32. The van der Waals surface area contributed by atoms with E-state index >= 15 is 0 Å². The van der Waals surface area contributed by atoms with Gasteiger partial charge in [0.1, 0.15) is 36.3 Å². The minimum absolute atomic E-state index is 0.0196. The number of amides is 1. The van der Waals surface area contributed by atoms with E-state index in [1.54, 1.807) is 54.1 Å². The third-order valence-electron chi connectivity index (χ3n) is 6.69. The molecule has 4 aromatic rings. The predicted molar refractivity (Wildman–Crippen MR) is 156 cm³/mol. The molecule has 2 heterocycles. The second-order valence-electron chi connectivity index (χ2n) is 9.25. The average Bonchev–Trinajstić information content (AvgIpc) is 3.45. The Morgan fingerprint density at radius 2 is 1.83 bits per heavy atom. The molecule has 1 unspecified atom stereocenters. The van der Waals surface area contributed by atoms with Crippen LogP contribution in [0.25, 0.3) is 0 Å². The van der Waals surface area contributed by atoms with Crippen molar-refractivity contribution in [1.82, 2.24) is 14.8 Å². The fourth-order valence-electron chi connectivity index (χ4n) is 4.69. The van der Waals surface area contributed by atoms with Gasteiger partial charge < -0.3 is 29.6 Å². The molecule has 218 valence electrons. The Labute approximate surface area is 247 Å². The number of rotatable bonds is 10. The Morgan fingerprint density at radius 3 is 2.57 bits per heavy atom. The third kappa shape index (κ3) is 5.68. The maximum atomic E-state index is 14.2. The highest BCUT2D eigenvalue weighted by atomic mass is 35.5. The van der Waals surface area contributed by atoms with Gasteiger partial charge in [0.2, 0.25) is 5.95 Å². The second kappa shape index (κ2) is 12.4. The van der Waals surface area contributed by atoms with Crippen molar-refractivity contribution in [3.05, 3.63) is 94.2 Å². The van der Waals surface area contributed by atoms with Crippen LogP contribution in [0.3, 0.4) is 0 Å². The number of hydrogen-bond donors (Lipinski definition) is 2. The van der Waals surface area contributed by atoms with E-state index in [9.17, 15) is 9.18 Å². The molecule has 0 bridgehead atoms. The van der Waals surface area contributed by atoms with Gasteiger partial charge in [-0.15, -0.1) is 0 Å². The maximum Gasteiger partial charge on any atom is 0.255 e. The summed E-state index contributed by atoms with van der Waals surface area (Å²) in [5, 5.41) is 10.8. The lowest BCUT2D eigenvalue weighted by Gasteiger charge is -2.29. The van der Waals surface area contributed by atoms with E-state index in [1.165, 1.54) is 26.6 Å². The highest BCUT2D eigenvalue weighted by molar-refractivity contribution is 6.32. The van der Waals surface area contributed by atoms with E-state index < -0.39 is 11.9 Å². The zero-order valence-electron chi connectivity index (χ0n) is 23.4. The lowest BCUT2D eigenvalue weighted by atomic mass is 9.94. The zero-order chi connectivity index (χ0) is 29.8. The molecule has 0 radical (unpaired) electrons. The van der Waals surface area contributed by atoms with Crippen molar-refractivity contribution in [3.63, 3.8) is 0 Å². The normalized spacial score (nSPS) is 14.1. The van der Waals surface area contributed by atoms with Gasteiger partial charge in [-0.3, -0.25) is 4.79 Å². The van der Waals surface area contributed by atoms with Crippen molar-refractivity contribution in [2.75, 3.05) is 31.5 Å². The Bertz CT molecular complexity index is 1660. The van der Waals surface area contributed by atoms with Crippen LogP contribution in [0.4, 0.5) is 16.0 Å². The first-order valence-corrected chi connectivity index (χ1v) is 13.5. The quantitative estimate of drug-likeness (QED) is 0.231. The molecule has 1 aliphatic heterocycles. The number of carbonyl (C=O) groups excluding carboxylic acids is 1. The minimum atomic E-state index is -0.677. The van der Waals surface area contributed by atoms with Crippen LogP contribution in [-0.4, -0.2) is 41.5 Å². The molecule has 12 heteroatoms. The smallest absolute Gasteiger partial charge is 0.255 e. The molecule has 42 heavy (non-hydrogen) atoms. The molecule has 1 atom stereocenters. The number of nitrogens with one attached hydrogen (secondary N) is 2. The summed E-state index contributed by atoms with van der Waals surface area (Å²) < 4.78 is 38.4. The molecular formula is C30H29ClFN5O5. The summed E-state index contributed by atoms with van der Waals surface area (Å²) in [6.45, 7) is 4.02. The number of hydrogen-bond acceptors (Lipinski definition) is 8. The van der Waals surface area contributed by atoms with Gasteiger partial charge in [0.25, 0.3) is 5.91 Å². The monoisotopic (exact) mass is 593 g/mol. The van der Waals surface area contributed by atoms with Crippen molar-refractivity contribution in [3.8, 4) is 23.0 Å². The molecule has 0 fully saturated rings. The SMILES string of the molecule is CCOc1cc(C2C(C(=O)Nc3cc(OC)c(Cl)cc3OC)=C(C)Nc3ncnn32)ccc1OCc1ccccc1F. The third-order valence-corrected chi connectivity index (χ3v) is 6.98. The Kier molecular flexibility index (Phi) is 8.48. The molecule has 10 nitrogen and oxygen atoms in total. The molecular weight excluding hydrogens is 565 g/mol. The number of carbonyl (C=O) groups is 1. The number of allylic oxidation sites excluding steroid dienone is 1. The highest BCUT2D eigenvalue weighted by Gasteiger charge is 2.34. The van der Waals surface area contributed by atoms with E-state index in [2.05, 4.69) is 20.7 Å². The van der Waals surface area contributed by atoms with Crippen LogP contribution in [-0.2, 0) is 11.4 Å². The number of ether oxygens (including phenoxy) is 4. The predicted octanol–water partition coefficient (Wildman–Crippen LogP) is 5.99. The Balaban J connectivity index is 1.51. The van der Waals surface area contributed by atoms with Gasteiger partial charge >= 0.3 is 0 Å². The fraction of sp³-hybridized carbons (Fsp3) is 0.233. The van der Waals surface area contributed by atoms with Gasteiger partial charge in [0.05, 0.1) is 37.1 Å². The summed E-state index contributed by atoms with van der Waals surface area (Å²) in [6.07, 6.45) is 1.41. The van der Waals surface area contributed by atoms with E-state index in [4.69, 9.17) is 30.5 Å². The average molecular weight is 594 g/mol. The first-order valence-electron chi connectivity index (χ1n) is 13.1. The zero-order valence-corrected chi connectivity index (χ0v) is 24.2. The van der Waals surface area contributed by atoms with E-state index in [0.29, 0.717) is 68.7 Å². The number of anilines is 2. The van der Waals surface area contributed by atoms with Crippen LogP contribution in [0.2, 0.25) is 5.02 Å². The Morgan fingerprint density at radius 1 is 1.05 bits per heavy atom. The number of benzene rings is 3. The molecule has 0 spiro atoms. The number of aromatic nitrogens is 3. The number of fused-ring (bicyclic) bond motifs is 1. The number of halogens is 2. The number of methoxy groups -OCH3 is 2. The molecule has 1 aromatic heterocycles. The van der Waals surface area contributed by atoms with Crippen molar-refractivity contribution in [2.24, 2.45) is 0 Å². The lowest BCUT2D eigenvalue weighted by Crippen LogP contribution is -2.31. The van der Waals surface area contributed by atoms with Gasteiger partial charge in [0, 0.05) is 23.4 Å². The summed E-state index contributed by atoms with van der Waals surface area (Å²) in [6, 6.07) is 14.2. The summed E-state index contributed by atoms with van der Waals surface area (Å²) in [5.41, 5.74) is 2.44. The van der Waals surface area contributed by atoms with Crippen LogP contribution < -0.4 is 29.6 Å². The standard InChI is InChI=1S/C30H29ClFN5O5/c1-5-41-26-12-18(10-11-23(26)42-15-19-8-6-7-9-21(19)32)28-27(17(2)35-30-33-16-34-37(28)30)29(38)36-22-14-24(39-3)20(31)13-25(22)40-4/h6-14,16,28H,5,15H2,1-4H3,(H,36,38)(H,33,34,35). The first kappa shape index (κ1) is 28.7. The molecule has 0 aliphatic carbocycles. The highest BCUT2D eigenvalue weighted by Crippen LogP contribution is 2.41. The van der Waals surface area contributed by atoms with Crippen molar-refractivity contribution in [2.45, 2.75) is 26.5 Å². The molecule has 5 rings (SSSR count). The van der Waals surface area contributed by atoms with Gasteiger partial charge in [0.15, 0.2) is 11.5 Å². The van der Waals surface area contributed by atoms with Crippen LogP contribution in [0.5, 0.6) is 23.0 Å². The van der Waals surface area contributed by atoms with Gasteiger partial charge in [-0.05, 0) is 37.6 Å². The maximum absolute atomic E-state index is 14.2. The molecule has 3 aromatic carbocycles. The Hall–Kier alpha value is -4.77. The summed E-state index contributed by atoms with van der Waals surface area (Å²) in [4.78, 5) is 18.2. The van der Waals surface area contributed by atoms with Gasteiger partial charge in [-0.25, -0.2) is 9.07 Å². The summed E-state index contributed by atoms with van der Waals surface area (Å²) >= 11 is 6.26. The van der Waals surface area contributed by atoms with E-state index in [1.807, 2.05) is 13.0 Å². The largest absolute Gasteiger partial charge is 0.495 e. The molecule has 2 N–H and O–H groups in total. The van der Waals surface area contributed by atoms with Gasteiger partial charge in [-0.1, -0.05) is 35.9 Å². The van der Waals surface area contributed by atoms with E-state index in [-0.39, 0.29) is 12.4 Å². The van der Waals surface area contributed by atoms with E-state index in [0.717, 1.165) is 0 Å². The molecule has 0 saturated carbocycles. The second-order valence-corrected chi connectivity index (χ2v) is 9.66. The van der Waals surface area contributed by atoms with Crippen molar-refractivity contribution in [1.29, 1.82) is 0 Å². The molecule has 0 saturated heterocycles. The molecule has 1 amide bonds. The lowest BCUT2D eigenvalue weighted by molar-refractivity contribution is -0.113. The minimum Gasteiger partial charge on any atom is -0.495 e. The van der Waals surface area contributed by atoms with Crippen LogP contribution >= 0.6 is 11.6 Å². The summed E-state index contributed by atoms with van der Waals surface area (Å²) in [7, 11) is 2.97. The van der Waals surface area contributed by atoms with Crippen LogP contribution in [0.1, 0.15) is 31.0 Å². The van der Waals surface area contributed by atoms with Crippen molar-refractivity contribution < 1.29 is 28.1 Å². The first-order chi connectivity index (χ1) is 20.3. The number of nitrogens with zero attached hydrogens (tertiary/aromatic N) is 3. The fourth-order valence-corrected chi connectivity index (χ4v) is 4.93. The topological polar surface area (TPSA) is 109 Å². The van der Waals surface area contributed by atoms with Crippen LogP contribution in [0, 0.1) is 5.82 Å². The molecule has 1 aliphatic rings. The van der Waals surface area contributed by atoms with Gasteiger partial charge in [-0.2, -0.15) is 10.1 Å². The van der Waals surface area contributed by atoms with Crippen molar-refractivity contribution >= 4 is 29.1 Å². The van der Waals surface area contributed by atoms with Crippen LogP contribution in [0.15, 0.2) is 72.2 Å².